The van der Waals surface area contributed by atoms with Gasteiger partial charge in [0, 0.05) is 5.38 Å². The first kappa shape index (κ1) is 27.2. The third-order valence-corrected chi connectivity index (χ3v) is 8.43. The minimum atomic E-state index is -1.01. The Kier molecular flexibility index (Phi) is 9.28. The monoisotopic (exact) mass is 532 g/mol. The molecular formula is C26H36N4O6S. The number of thiazole rings is 1. The van der Waals surface area contributed by atoms with E-state index in [1.807, 2.05) is 0 Å². The number of anilines is 1. The lowest BCUT2D eigenvalue weighted by molar-refractivity contribution is -0.137. The van der Waals surface area contributed by atoms with Gasteiger partial charge in [0.25, 0.3) is 11.7 Å². The number of ether oxygens (including phenoxy) is 1. The van der Waals surface area contributed by atoms with Crippen LogP contribution in [0, 0.1) is 11.8 Å². The molecule has 202 valence electrons. The molecule has 0 bridgehead atoms. The summed E-state index contributed by atoms with van der Waals surface area (Å²) >= 11 is 0.997. The van der Waals surface area contributed by atoms with Crippen LogP contribution in [0.3, 0.4) is 0 Å². The molecule has 0 unspecified atom stereocenters. The van der Waals surface area contributed by atoms with Crippen LogP contribution in [0.25, 0.3) is 0 Å². The molecule has 1 aromatic heterocycles. The Bertz CT molecular complexity index is 1010. The number of nitrogens with zero attached hydrogens (tertiary/aromatic N) is 2. The molecule has 3 aliphatic rings. The summed E-state index contributed by atoms with van der Waals surface area (Å²) in [6, 6.07) is -2.11. The SMILES string of the molecule is CCOC(=O)C(=O)c1csc(NC(=O)[C@H](CC2CCCCC2)N2C(=O)N[C@@H](CC3CCCCC3)C2=O)n1. The van der Waals surface area contributed by atoms with Crippen LogP contribution in [0.1, 0.15) is 94.5 Å². The van der Waals surface area contributed by atoms with Gasteiger partial charge < -0.3 is 15.4 Å². The molecule has 2 aliphatic carbocycles. The van der Waals surface area contributed by atoms with E-state index in [0.29, 0.717) is 18.8 Å². The highest BCUT2D eigenvalue weighted by atomic mass is 32.1. The molecule has 2 saturated carbocycles. The minimum Gasteiger partial charge on any atom is -0.460 e. The number of hydrogen-bond donors (Lipinski definition) is 2. The Labute approximate surface area is 220 Å². The Hall–Kier alpha value is -2.82. The van der Waals surface area contributed by atoms with Crippen molar-refractivity contribution in [1.82, 2.24) is 15.2 Å². The molecule has 1 aromatic rings. The summed E-state index contributed by atoms with van der Waals surface area (Å²) in [4.78, 5) is 69.0. The van der Waals surface area contributed by atoms with Gasteiger partial charge in [0.1, 0.15) is 17.8 Å². The van der Waals surface area contributed by atoms with E-state index in [4.69, 9.17) is 4.74 Å². The van der Waals surface area contributed by atoms with Gasteiger partial charge in [0.05, 0.1) is 6.61 Å². The summed E-state index contributed by atoms with van der Waals surface area (Å²) in [5, 5.41) is 7.01. The number of hydrogen-bond acceptors (Lipinski definition) is 8. The fourth-order valence-corrected chi connectivity index (χ4v) is 6.45. The summed E-state index contributed by atoms with van der Waals surface area (Å²) in [6.45, 7) is 1.66. The Morgan fingerprint density at radius 2 is 1.73 bits per heavy atom. The van der Waals surface area contributed by atoms with Gasteiger partial charge in [-0.25, -0.2) is 19.5 Å². The van der Waals surface area contributed by atoms with Gasteiger partial charge in [0.2, 0.25) is 5.91 Å². The second-order valence-electron chi connectivity index (χ2n) is 10.3. The van der Waals surface area contributed by atoms with Crippen molar-refractivity contribution >= 4 is 46.1 Å². The molecule has 2 heterocycles. The molecule has 3 fully saturated rings. The van der Waals surface area contributed by atoms with Crippen LogP contribution in [-0.4, -0.2) is 58.2 Å². The van der Waals surface area contributed by atoms with Crippen LogP contribution in [0.5, 0.6) is 0 Å². The lowest BCUT2D eigenvalue weighted by atomic mass is 9.83. The molecule has 11 heteroatoms. The predicted octanol–water partition coefficient (Wildman–Crippen LogP) is 4.06. The first-order valence-corrected chi connectivity index (χ1v) is 14.4. The maximum absolute atomic E-state index is 13.5. The van der Waals surface area contributed by atoms with E-state index >= 15 is 0 Å². The molecule has 0 aromatic carbocycles. The van der Waals surface area contributed by atoms with E-state index in [2.05, 4.69) is 15.6 Å². The number of rotatable bonds is 10. The number of ketones is 1. The third kappa shape index (κ3) is 6.74. The zero-order chi connectivity index (χ0) is 26.4. The van der Waals surface area contributed by atoms with Crippen LogP contribution in [0.15, 0.2) is 5.38 Å². The van der Waals surface area contributed by atoms with Crippen LogP contribution >= 0.6 is 11.3 Å². The van der Waals surface area contributed by atoms with E-state index in [1.165, 1.54) is 11.8 Å². The van der Waals surface area contributed by atoms with Crippen LogP contribution < -0.4 is 10.6 Å². The number of amides is 4. The molecule has 10 nitrogen and oxygen atoms in total. The molecule has 4 rings (SSSR count). The number of Topliss-reactive ketones (excluding diaryl/α,β-unsaturated/α-hetero) is 1. The van der Waals surface area contributed by atoms with E-state index < -0.39 is 35.8 Å². The Morgan fingerprint density at radius 1 is 1.08 bits per heavy atom. The van der Waals surface area contributed by atoms with Crippen molar-refractivity contribution in [2.45, 2.75) is 96.1 Å². The highest BCUT2D eigenvalue weighted by Crippen LogP contribution is 2.32. The van der Waals surface area contributed by atoms with Gasteiger partial charge in [-0.05, 0) is 31.6 Å². The normalized spacial score (nSPS) is 22.0. The number of carbonyl (C=O) groups is 5. The van der Waals surface area contributed by atoms with Gasteiger partial charge in [0.15, 0.2) is 5.13 Å². The third-order valence-electron chi connectivity index (χ3n) is 7.67. The lowest BCUT2D eigenvalue weighted by Gasteiger charge is -2.30. The van der Waals surface area contributed by atoms with Crippen molar-refractivity contribution in [2.24, 2.45) is 11.8 Å². The zero-order valence-electron chi connectivity index (χ0n) is 21.3. The maximum atomic E-state index is 13.5. The lowest BCUT2D eigenvalue weighted by Crippen LogP contribution is -2.49. The molecule has 1 aliphatic heterocycles. The van der Waals surface area contributed by atoms with E-state index in [1.54, 1.807) is 6.92 Å². The first-order chi connectivity index (χ1) is 17.9. The topological polar surface area (TPSA) is 135 Å². The zero-order valence-corrected chi connectivity index (χ0v) is 22.1. The number of carbonyl (C=O) groups excluding carboxylic acids is 5. The fraction of sp³-hybridized carbons (Fsp3) is 0.692. The van der Waals surface area contributed by atoms with Crippen molar-refractivity contribution in [3.63, 3.8) is 0 Å². The fourth-order valence-electron chi connectivity index (χ4n) is 5.75. The van der Waals surface area contributed by atoms with Crippen molar-refractivity contribution < 1.29 is 28.7 Å². The van der Waals surface area contributed by atoms with E-state index in [0.717, 1.165) is 74.0 Å². The molecule has 2 N–H and O–H groups in total. The number of urea groups is 1. The highest BCUT2D eigenvalue weighted by molar-refractivity contribution is 7.14. The van der Waals surface area contributed by atoms with Crippen molar-refractivity contribution in [2.75, 3.05) is 11.9 Å². The van der Waals surface area contributed by atoms with Gasteiger partial charge in [-0.15, -0.1) is 11.3 Å². The molecular weight excluding hydrogens is 496 g/mol. The quantitative estimate of drug-likeness (QED) is 0.201. The number of nitrogens with one attached hydrogen (secondary N) is 2. The number of imide groups is 1. The van der Waals surface area contributed by atoms with Gasteiger partial charge >= 0.3 is 12.0 Å². The summed E-state index contributed by atoms with van der Waals surface area (Å²) in [6.07, 6.45) is 11.8. The minimum absolute atomic E-state index is 0.0643. The average molecular weight is 533 g/mol. The van der Waals surface area contributed by atoms with Crippen LogP contribution in [-0.2, 0) is 19.1 Å². The largest absolute Gasteiger partial charge is 0.460 e. The summed E-state index contributed by atoms with van der Waals surface area (Å²) < 4.78 is 4.73. The molecule has 2 atom stereocenters. The van der Waals surface area contributed by atoms with Crippen LogP contribution in [0.2, 0.25) is 0 Å². The molecule has 4 amide bonds. The smallest absolute Gasteiger partial charge is 0.381 e. The Balaban J connectivity index is 1.48. The molecule has 1 saturated heterocycles. The van der Waals surface area contributed by atoms with Crippen molar-refractivity contribution in [1.29, 1.82) is 0 Å². The van der Waals surface area contributed by atoms with Crippen molar-refractivity contribution in [3.05, 3.63) is 11.1 Å². The second kappa shape index (κ2) is 12.6. The second-order valence-corrected chi connectivity index (χ2v) is 11.1. The van der Waals surface area contributed by atoms with E-state index in [9.17, 15) is 24.0 Å². The van der Waals surface area contributed by atoms with Crippen LogP contribution in [0.4, 0.5) is 9.93 Å². The van der Waals surface area contributed by atoms with Crippen molar-refractivity contribution in [3.8, 4) is 0 Å². The summed E-state index contributed by atoms with van der Waals surface area (Å²) in [5.41, 5.74) is -0.120. The summed E-state index contributed by atoms with van der Waals surface area (Å²) in [5.74, 6) is -2.12. The molecule has 0 radical (unpaired) electrons. The standard InChI is InChI=1S/C26H36N4O6S/c1-2-36-24(34)21(31)19-15-37-25(27-19)29-22(32)20(14-17-11-7-4-8-12-17)30-23(33)18(28-26(30)35)13-16-9-5-3-6-10-16/h15-18,20H,2-14H2,1H3,(H,28,35)(H,27,29,32)/t18-,20-/m0/s1. The Morgan fingerprint density at radius 3 is 2.38 bits per heavy atom. The molecule has 0 spiro atoms. The van der Waals surface area contributed by atoms with Gasteiger partial charge in [-0.2, -0.15) is 0 Å². The predicted molar refractivity (Wildman–Crippen MR) is 137 cm³/mol. The summed E-state index contributed by atoms with van der Waals surface area (Å²) in [7, 11) is 0. The number of esters is 1. The molecule has 37 heavy (non-hydrogen) atoms. The highest BCUT2D eigenvalue weighted by Gasteiger charge is 2.46. The van der Waals surface area contributed by atoms with Gasteiger partial charge in [-0.1, -0.05) is 64.2 Å². The number of aromatic nitrogens is 1. The van der Waals surface area contributed by atoms with Gasteiger partial charge in [-0.3, -0.25) is 14.4 Å². The average Bonchev–Trinajstić information content (AvgIpc) is 3.47. The van der Waals surface area contributed by atoms with E-state index in [-0.39, 0.29) is 29.3 Å². The first-order valence-electron chi connectivity index (χ1n) is 13.5. The maximum Gasteiger partial charge on any atom is 0.381 e.